The zero-order valence-electron chi connectivity index (χ0n) is 20.5. The van der Waals surface area contributed by atoms with Gasteiger partial charge in [0.2, 0.25) is 0 Å². The second-order valence-corrected chi connectivity index (χ2v) is 10.5. The molecule has 1 aromatic rings. The molecule has 3 N–H and O–H groups in total. The van der Waals surface area contributed by atoms with E-state index in [9.17, 15) is 4.79 Å². The van der Waals surface area contributed by atoms with Gasteiger partial charge in [-0.1, -0.05) is 63.3 Å². The minimum absolute atomic E-state index is 0.283. The first-order valence-electron chi connectivity index (χ1n) is 12.8. The first-order chi connectivity index (χ1) is 16.1. The van der Waals surface area contributed by atoms with Crippen LogP contribution in [0.15, 0.2) is 58.1 Å². The summed E-state index contributed by atoms with van der Waals surface area (Å²) in [6, 6.07) is 10.6. The fraction of sp³-hybridized carbons (Fsp3) is 0.571. The van der Waals surface area contributed by atoms with Crippen LogP contribution in [-0.2, 0) is 4.79 Å². The van der Waals surface area contributed by atoms with E-state index in [0.29, 0.717) is 12.3 Å². The van der Waals surface area contributed by atoms with Crippen LogP contribution in [0.25, 0.3) is 0 Å². The number of Topliss-reactive ketones (excluding diaryl/α,β-unsaturated/α-hetero) is 1. The first kappa shape index (κ1) is 25.6. The molecule has 1 aliphatic heterocycles. The Morgan fingerprint density at radius 3 is 2.42 bits per heavy atom. The highest BCUT2D eigenvalue weighted by Crippen LogP contribution is 2.33. The van der Waals surface area contributed by atoms with Crippen molar-refractivity contribution in [1.29, 1.82) is 5.41 Å². The van der Waals surface area contributed by atoms with Gasteiger partial charge in [-0.25, -0.2) is 0 Å². The summed E-state index contributed by atoms with van der Waals surface area (Å²) in [6.07, 6.45) is 12.6. The monoisotopic (exact) mass is 467 g/mol. The van der Waals surface area contributed by atoms with Crippen LogP contribution < -0.4 is 10.6 Å². The molecule has 3 rings (SSSR count). The largest absolute Gasteiger partial charge is 0.388 e. The summed E-state index contributed by atoms with van der Waals surface area (Å²) in [7, 11) is 0. The zero-order valence-corrected chi connectivity index (χ0v) is 21.3. The summed E-state index contributed by atoms with van der Waals surface area (Å²) in [5.41, 5.74) is 3.51. The molecule has 1 aromatic carbocycles. The topological polar surface area (TPSA) is 65.0 Å². The molecule has 0 bridgehead atoms. The lowest BCUT2D eigenvalue weighted by atomic mass is 9.81. The summed E-state index contributed by atoms with van der Waals surface area (Å²) >= 11 is 1.89. The number of benzene rings is 1. The van der Waals surface area contributed by atoms with Crippen molar-refractivity contribution in [1.82, 2.24) is 10.6 Å². The number of hydrogen-bond donors (Lipinski definition) is 3. The zero-order chi connectivity index (χ0) is 23.5. The summed E-state index contributed by atoms with van der Waals surface area (Å²) in [4.78, 5) is 14.6. The van der Waals surface area contributed by atoms with Crippen molar-refractivity contribution in [2.24, 2.45) is 0 Å². The highest BCUT2D eigenvalue weighted by Gasteiger charge is 2.38. The van der Waals surface area contributed by atoms with Crippen molar-refractivity contribution >= 4 is 23.4 Å². The number of amidine groups is 1. The van der Waals surface area contributed by atoms with Crippen molar-refractivity contribution in [2.45, 2.75) is 94.9 Å². The highest BCUT2D eigenvalue weighted by atomic mass is 32.2. The molecule has 1 aliphatic carbocycles. The Morgan fingerprint density at radius 1 is 1.09 bits per heavy atom. The summed E-state index contributed by atoms with van der Waals surface area (Å²) < 4.78 is 0. The van der Waals surface area contributed by atoms with Crippen LogP contribution in [0.5, 0.6) is 0 Å². The van der Waals surface area contributed by atoms with E-state index in [-0.39, 0.29) is 5.78 Å². The van der Waals surface area contributed by atoms with E-state index in [0.717, 1.165) is 69.2 Å². The molecule has 0 spiro atoms. The fourth-order valence-corrected chi connectivity index (χ4v) is 5.48. The molecular weight excluding hydrogens is 426 g/mol. The van der Waals surface area contributed by atoms with E-state index in [2.05, 4.69) is 54.8 Å². The second-order valence-electron chi connectivity index (χ2n) is 9.44. The molecule has 5 heteroatoms. The molecule has 0 unspecified atom stereocenters. The average molecular weight is 468 g/mol. The maximum Gasteiger partial charge on any atom is 0.162 e. The number of nitrogens with one attached hydrogen (secondary N) is 3. The van der Waals surface area contributed by atoms with Crippen LogP contribution in [0.1, 0.15) is 84.5 Å². The van der Waals surface area contributed by atoms with Gasteiger partial charge in [0, 0.05) is 29.3 Å². The lowest BCUT2D eigenvalue weighted by molar-refractivity contribution is -0.124. The second kappa shape index (κ2) is 13.0. The minimum atomic E-state index is -0.544. The Bertz CT molecular complexity index is 845. The third-order valence-corrected chi connectivity index (χ3v) is 7.66. The van der Waals surface area contributed by atoms with Gasteiger partial charge in [0.05, 0.1) is 5.54 Å². The normalized spacial score (nSPS) is 17.3. The Morgan fingerprint density at radius 2 is 1.79 bits per heavy atom. The molecule has 0 amide bonds. The SMILES string of the molecule is CCCCC1(CCCC)NC(=N)C=C(CCCNC(CSc2ccccc2)=C2CC2)CC1=O. The molecular formula is C28H41N3OS. The molecule has 1 heterocycles. The molecule has 0 atom stereocenters. The van der Waals surface area contributed by atoms with Crippen molar-refractivity contribution < 1.29 is 4.79 Å². The third-order valence-electron chi connectivity index (χ3n) is 6.62. The standard InChI is InChI=1S/C28H41N3OS/c1-3-5-16-28(17-6-4-2)26(32)19-22(20-27(29)31-28)11-10-18-30-25(23-14-15-23)21-33-24-12-8-7-9-13-24/h7-9,12-13,20,30H,3-6,10-11,14-19,21H2,1-2H3,(H2,29,31). The van der Waals surface area contributed by atoms with E-state index in [1.54, 1.807) is 5.57 Å². The van der Waals surface area contributed by atoms with E-state index < -0.39 is 5.54 Å². The quantitative estimate of drug-likeness (QED) is 0.208. The van der Waals surface area contributed by atoms with Crippen molar-refractivity contribution in [3.8, 4) is 0 Å². The molecule has 180 valence electrons. The molecule has 0 saturated heterocycles. The van der Waals surface area contributed by atoms with Crippen LogP contribution in [0.2, 0.25) is 0 Å². The van der Waals surface area contributed by atoms with Crippen molar-refractivity contribution in [2.75, 3.05) is 12.3 Å². The van der Waals surface area contributed by atoms with Gasteiger partial charge in [-0.3, -0.25) is 10.2 Å². The molecule has 0 radical (unpaired) electrons. The van der Waals surface area contributed by atoms with Gasteiger partial charge in [-0.2, -0.15) is 0 Å². The number of hydrogen-bond acceptors (Lipinski definition) is 4. The van der Waals surface area contributed by atoms with Crippen LogP contribution in [0.4, 0.5) is 0 Å². The van der Waals surface area contributed by atoms with Crippen LogP contribution in [0.3, 0.4) is 0 Å². The number of carbonyl (C=O) groups excluding carboxylic acids is 1. The lowest BCUT2D eigenvalue weighted by Crippen LogP contribution is -2.53. The van der Waals surface area contributed by atoms with Gasteiger partial charge in [-0.15, -0.1) is 11.8 Å². The van der Waals surface area contributed by atoms with E-state index >= 15 is 0 Å². The molecule has 2 aliphatic rings. The van der Waals surface area contributed by atoms with E-state index in [4.69, 9.17) is 5.41 Å². The molecule has 33 heavy (non-hydrogen) atoms. The van der Waals surface area contributed by atoms with Gasteiger partial charge in [0.25, 0.3) is 0 Å². The lowest BCUT2D eigenvalue weighted by Gasteiger charge is -2.33. The summed E-state index contributed by atoms with van der Waals surface area (Å²) in [5.74, 6) is 1.69. The van der Waals surface area contributed by atoms with Gasteiger partial charge < -0.3 is 10.6 Å². The number of rotatable bonds is 14. The number of ketones is 1. The minimum Gasteiger partial charge on any atom is -0.388 e. The average Bonchev–Trinajstić information content (AvgIpc) is 3.66. The predicted molar refractivity (Wildman–Crippen MR) is 141 cm³/mol. The van der Waals surface area contributed by atoms with Gasteiger partial charge in [-0.05, 0) is 62.3 Å². The molecule has 1 saturated carbocycles. The Labute approximate surface area is 204 Å². The Hall–Kier alpha value is -2.01. The molecule has 0 aromatic heterocycles. The Kier molecular flexibility index (Phi) is 10.1. The van der Waals surface area contributed by atoms with Gasteiger partial charge in [0.1, 0.15) is 5.84 Å². The van der Waals surface area contributed by atoms with Gasteiger partial charge >= 0.3 is 0 Å². The predicted octanol–water partition coefficient (Wildman–Crippen LogP) is 6.78. The third kappa shape index (κ3) is 8.06. The highest BCUT2D eigenvalue weighted by molar-refractivity contribution is 7.99. The van der Waals surface area contributed by atoms with Crippen LogP contribution in [0, 0.1) is 5.41 Å². The number of carbonyl (C=O) groups is 1. The van der Waals surface area contributed by atoms with E-state index in [1.165, 1.54) is 23.4 Å². The van der Waals surface area contributed by atoms with Crippen LogP contribution >= 0.6 is 11.8 Å². The fourth-order valence-electron chi connectivity index (χ4n) is 4.51. The van der Waals surface area contributed by atoms with E-state index in [1.807, 2.05) is 17.8 Å². The summed E-state index contributed by atoms with van der Waals surface area (Å²) in [6.45, 7) is 5.25. The number of thioether (sulfide) groups is 1. The molecule has 1 fully saturated rings. The first-order valence-corrected chi connectivity index (χ1v) is 13.8. The number of allylic oxidation sites excluding steroid dienone is 2. The van der Waals surface area contributed by atoms with Crippen LogP contribution in [-0.4, -0.2) is 29.5 Å². The van der Waals surface area contributed by atoms with Crippen molar-refractivity contribution in [3.63, 3.8) is 0 Å². The summed E-state index contributed by atoms with van der Waals surface area (Å²) in [5, 5.41) is 15.5. The maximum absolute atomic E-state index is 13.3. The molecule has 4 nitrogen and oxygen atoms in total. The smallest absolute Gasteiger partial charge is 0.162 e. The maximum atomic E-state index is 13.3. The Balaban J connectivity index is 1.50. The number of unbranched alkanes of at least 4 members (excludes halogenated alkanes) is 2. The van der Waals surface area contributed by atoms with Gasteiger partial charge in [0.15, 0.2) is 5.78 Å². The van der Waals surface area contributed by atoms with Crippen molar-refractivity contribution in [3.05, 3.63) is 53.3 Å².